The van der Waals surface area contributed by atoms with Crippen molar-refractivity contribution in [3.8, 4) is 0 Å². The molecule has 3 heteroatoms. The first kappa shape index (κ1) is 12.1. The van der Waals surface area contributed by atoms with Gasteiger partial charge in [0.2, 0.25) is 0 Å². The molecule has 0 saturated heterocycles. The average Bonchev–Trinajstić information content (AvgIpc) is 2.18. The summed E-state index contributed by atoms with van der Waals surface area (Å²) in [5.74, 6) is 0.0998. The number of carbonyl (C=O) groups is 1. The number of benzene rings is 1. The predicted octanol–water partition coefficient (Wildman–Crippen LogP) is 2.33. The molecule has 15 heavy (non-hydrogen) atoms. The Kier molecular flexibility index (Phi) is 4.21. The molecule has 0 aliphatic rings. The molecule has 1 aromatic carbocycles. The van der Waals surface area contributed by atoms with Crippen LogP contribution >= 0.6 is 0 Å². The fraction of sp³-hybridized carbons (Fsp3) is 0.417. The van der Waals surface area contributed by atoms with E-state index in [1.165, 1.54) is 0 Å². The van der Waals surface area contributed by atoms with E-state index in [0.717, 1.165) is 5.56 Å². The first-order valence-corrected chi connectivity index (χ1v) is 6.36. The number of hydrogen-bond donors (Lipinski definition) is 0. The first-order chi connectivity index (χ1) is 7.02. The van der Waals surface area contributed by atoms with Crippen molar-refractivity contribution >= 4 is 16.6 Å². The summed E-state index contributed by atoms with van der Waals surface area (Å²) in [5.41, 5.74) is 1.63. The van der Waals surface area contributed by atoms with Gasteiger partial charge in [-0.05, 0) is 12.5 Å². The highest BCUT2D eigenvalue weighted by Gasteiger charge is 2.14. The van der Waals surface area contributed by atoms with Gasteiger partial charge in [0, 0.05) is 21.6 Å². The Morgan fingerprint density at radius 1 is 1.33 bits per heavy atom. The number of hydrogen-bond acceptors (Lipinski definition) is 2. The van der Waals surface area contributed by atoms with Crippen molar-refractivity contribution in [3.63, 3.8) is 0 Å². The van der Waals surface area contributed by atoms with Gasteiger partial charge in [-0.3, -0.25) is 9.00 Å². The van der Waals surface area contributed by atoms with E-state index in [-0.39, 0.29) is 16.8 Å². The maximum atomic E-state index is 11.8. The standard InChI is InChI=1S/C12H16O2S/c1-9(2)15(14)8-12(13)11-7-5-4-6-10(11)3/h4-7,9H,8H2,1-3H3. The van der Waals surface area contributed by atoms with Gasteiger partial charge >= 0.3 is 0 Å². The molecule has 0 saturated carbocycles. The van der Waals surface area contributed by atoms with Crippen molar-refractivity contribution in [2.45, 2.75) is 26.0 Å². The van der Waals surface area contributed by atoms with E-state index in [0.29, 0.717) is 5.56 Å². The zero-order valence-electron chi connectivity index (χ0n) is 9.32. The summed E-state index contributed by atoms with van der Waals surface area (Å²) in [6, 6.07) is 7.41. The topological polar surface area (TPSA) is 34.1 Å². The van der Waals surface area contributed by atoms with Gasteiger partial charge in [0.25, 0.3) is 0 Å². The van der Waals surface area contributed by atoms with E-state index in [1.54, 1.807) is 6.07 Å². The van der Waals surface area contributed by atoms with E-state index in [9.17, 15) is 9.00 Å². The van der Waals surface area contributed by atoms with Crippen LogP contribution in [-0.4, -0.2) is 21.0 Å². The second-order valence-corrected chi connectivity index (χ2v) is 5.80. The molecule has 1 aromatic rings. The van der Waals surface area contributed by atoms with Gasteiger partial charge in [0.1, 0.15) is 0 Å². The Balaban J connectivity index is 2.79. The highest BCUT2D eigenvalue weighted by Crippen LogP contribution is 2.09. The molecule has 0 heterocycles. The normalized spacial score (nSPS) is 12.8. The SMILES string of the molecule is Cc1ccccc1C(=O)CS(=O)C(C)C. The molecule has 1 unspecified atom stereocenters. The molecule has 0 radical (unpaired) electrons. The Morgan fingerprint density at radius 3 is 2.47 bits per heavy atom. The van der Waals surface area contributed by atoms with Gasteiger partial charge in [0.05, 0.1) is 5.75 Å². The van der Waals surface area contributed by atoms with Crippen molar-refractivity contribution in [1.82, 2.24) is 0 Å². The van der Waals surface area contributed by atoms with Gasteiger partial charge in [0.15, 0.2) is 5.78 Å². The molecule has 0 aromatic heterocycles. The van der Waals surface area contributed by atoms with Crippen LogP contribution in [0.1, 0.15) is 29.8 Å². The zero-order valence-corrected chi connectivity index (χ0v) is 10.1. The van der Waals surface area contributed by atoms with Gasteiger partial charge in [-0.2, -0.15) is 0 Å². The molecule has 2 nitrogen and oxygen atoms in total. The molecule has 0 aliphatic heterocycles. The molecule has 0 N–H and O–H groups in total. The Bertz CT molecular complexity index is 383. The van der Waals surface area contributed by atoms with Crippen molar-refractivity contribution in [2.24, 2.45) is 0 Å². The minimum atomic E-state index is -1.06. The van der Waals surface area contributed by atoms with Crippen molar-refractivity contribution < 1.29 is 9.00 Å². The molecular weight excluding hydrogens is 208 g/mol. The molecule has 1 atom stereocenters. The number of aryl methyl sites for hydroxylation is 1. The lowest BCUT2D eigenvalue weighted by Gasteiger charge is -2.06. The lowest BCUT2D eigenvalue weighted by molar-refractivity contribution is 0.102. The number of rotatable bonds is 4. The van der Waals surface area contributed by atoms with Crippen LogP contribution in [0.4, 0.5) is 0 Å². The van der Waals surface area contributed by atoms with Crippen LogP contribution < -0.4 is 0 Å². The number of carbonyl (C=O) groups excluding carboxylic acids is 1. The summed E-state index contributed by atoms with van der Waals surface area (Å²) in [6.07, 6.45) is 0. The van der Waals surface area contributed by atoms with Gasteiger partial charge < -0.3 is 0 Å². The van der Waals surface area contributed by atoms with E-state index in [2.05, 4.69) is 0 Å². The number of ketones is 1. The second-order valence-electron chi connectivity index (χ2n) is 3.81. The van der Waals surface area contributed by atoms with Crippen molar-refractivity contribution in [2.75, 3.05) is 5.75 Å². The maximum Gasteiger partial charge on any atom is 0.175 e. The molecule has 0 bridgehead atoms. The summed E-state index contributed by atoms with van der Waals surface area (Å²) < 4.78 is 11.5. The Hall–Kier alpha value is -0.960. The summed E-state index contributed by atoms with van der Waals surface area (Å²) in [6.45, 7) is 5.62. The van der Waals surface area contributed by atoms with Crippen LogP contribution in [0.15, 0.2) is 24.3 Å². The summed E-state index contributed by atoms with van der Waals surface area (Å²) >= 11 is 0. The fourth-order valence-corrected chi connectivity index (χ4v) is 2.01. The lowest BCUT2D eigenvalue weighted by Crippen LogP contribution is -2.18. The average molecular weight is 224 g/mol. The van der Waals surface area contributed by atoms with Crippen LogP contribution in [0, 0.1) is 6.92 Å². The van der Waals surface area contributed by atoms with Crippen LogP contribution in [-0.2, 0) is 10.8 Å². The van der Waals surface area contributed by atoms with Crippen molar-refractivity contribution in [3.05, 3.63) is 35.4 Å². The summed E-state index contributed by atoms with van der Waals surface area (Å²) in [7, 11) is -1.06. The van der Waals surface area contributed by atoms with Crippen molar-refractivity contribution in [1.29, 1.82) is 0 Å². The predicted molar refractivity (Wildman–Crippen MR) is 63.7 cm³/mol. The molecular formula is C12H16O2S. The van der Waals surface area contributed by atoms with Crippen LogP contribution in [0.3, 0.4) is 0 Å². The molecule has 0 fully saturated rings. The van der Waals surface area contributed by atoms with E-state index in [4.69, 9.17) is 0 Å². The van der Waals surface area contributed by atoms with Gasteiger partial charge in [-0.15, -0.1) is 0 Å². The summed E-state index contributed by atoms with van der Waals surface area (Å²) in [5, 5.41) is 0.0398. The third-order valence-electron chi connectivity index (χ3n) is 2.24. The van der Waals surface area contributed by atoms with E-state index >= 15 is 0 Å². The Morgan fingerprint density at radius 2 is 1.93 bits per heavy atom. The fourth-order valence-electron chi connectivity index (χ4n) is 1.26. The largest absolute Gasteiger partial charge is 0.293 e. The van der Waals surface area contributed by atoms with E-state index in [1.807, 2.05) is 39.0 Å². The smallest absolute Gasteiger partial charge is 0.175 e. The zero-order chi connectivity index (χ0) is 11.4. The van der Waals surface area contributed by atoms with Gasteiger partial charge in [-0.1, -0.05) is 38.1 Å². The minimum absolute atomic E-state index is 0.0277. The monoisotopic (exact) mass is 224 g/mol. The molecule has 0 spiro atoms. The molecule has 0 amide bonds. The minimum Gasteiger partial charge on any atom is -0.293 e. The highest BCUT2D eigenvalue weighted by molar-refractivity contribution is 7.86. The van der Waals surface area contributed by atoms with Crippen LogP contribution in [0.5, 0.6) is 0 Å². The second kappa shape index (κ2) is 5.21. The molecule has 82 valence electrons. The highest BCUT2D eigenvalue weighted by atomic mass is 32.2. The third-order valence-corrected chi connectivity index (χ3v) is 3.84. The van der Waals surface area contributed by atoms with Crippen LogP contribution in [0.2, 0.25) is 0 Å². The first-order valence-electron chi connectivity index (χ1n) is 4.98. The Labute approximate surface area is 93.2 Å². The third kappa shape index (κ3) is 3.27. The van der Waals surface area contributed by atoms with E-state index < -0.39 is 10.8 Å². The van der Waals surface area contributed by atoms with Crippen LogP contribution in [0.25, 0.3) is 0 Å². The quantitative estimate of drug-likeness (QED) is 0.736. The maximum absolute atomic E-state index is 11.8. The molecule has 1 rings (SSSR count). The summed E-state index contributed by atoms with van der Waals surface area (Å²) in [4.78, 5) is 11.8. The molecule has 0 aliphatic carbocycles. The lowest BCUT2D eigenvalue weighted by atomic mass is 10.1. The van der Waals surface area contributed by atoms with Gasteiger partial charge in [-0.25, -0.2) is 0 Å². The number of Topliss-reactive ketones (excluding diaryl/α,β-unsaturated/α-hetero) is 1.